The molecule has 0 spiro atoms. The largest absolute Gasteiger partial charge is 0.529 e. The zero-order valence-electron chi connectivity index (χ0n) is 15.2. The first-order valence-electron chi connectivity index (χ1n) is 9.43. The zero-order chi connectivity index (χ0) is 16.5. The molecule has 0 rings (SSSR count). The molecule has 4 heteroatoms. The van der Waals surface area contributed by atoms with Gasteiger partial charge in [0.25, 0.3) is 5.97 Å². The first-order valence-corrected chi connectivity index (χ1v) is 10.2. The van der Waals surface area contributed by atoms with Crippen molar-refractivity contribution in [2.45, 2.75) is 103 Å². The molecule has 3 nitrogen and oxygen atoms in total. The van der Waals surface area contributed by atoms with Crippen LogP contribution in [0.1, 0.15) is 97.3 Å². The topological polar surface area (TPSA) is 35.5 Å². The van der Waals surface area contributed by atoms with E-state index in [4.69, 9.17) is 9.16 Å². The summed E-state index contributed by atoms with van der Waals surface area (Å²) in [6.45, 7) is 5.20. The lowest BCUT2D eigenvalue weighted by Gasteiger charge is -2.18. The van der Waals surface area contributed by atoms with Crippen molar-refractivity contribution >= 4 is 16.5 Å². The van der Waals surface area contributed by atoms with Gasteiger partial charge in [-0.3, -0.25) is 4.79 Å². The van der Waals surface area contributed by atoms with Crippen molar-refractivity contribution in [1.82, 2.24) is 0 Å². The lowest BCUT2D eigenvalue weighted by Crippen LogP contribution is -2.15. The summed E-state index contributed by atoms with van der Waals surface area (Å²) in [5, 5.41) is 0. The van der Waals surface area contributed by atoms with Crippen LogP contribution in [0.25, 0.3) is 0 Å². The first-order chi connectivity index (χ1) is 10.7. The maximum atomic E-state index is 11.1. The molecule has 1 atom stereocenters. The van der Waals surface area contributed by atoms with E-state index >= 15 is 0 Å². The molecule has 0 aromatic carbocycles. The van der Waals surface area contributed by atoms with E-state index in [0.29, 0.717) is 29.6 Å². The second-order valence-corrected chi connectivity index (χ2v) is 6.63. The fourth-order valence-electron chi connectivity index (χ4n) is 2.65. The molecule has 132 valence electrons. The minimum atomic E-state index is -0.0747. The van der Waals surface area contributed by atoms with Crippen LogP contribution in [0.15, 0.2) is 0 Å². The third-order valence-electron chi connectivity index (χ3n) is 4.12. The van der Waals surface area contributed by atoms with Gasteiger partial charge in [0.15, 0.2) is 0 Å². The SMILES string of the molecule is CCCCCCCC(CCCCCC)OCCCC(=O)O[SiH3]. The summed E-state index contributed by atoms with van der Waals surface area (Å²) in [7, 11) is 0.501. The predicted molar refractivity (Wildman–Crippen MR) is 97.1 cm³/mol. The molecular formula is C18H38O3Si. The van der Waals surface area contributed by atoms with Crippen LogP contribution in [-0.4, -0.2) is 29.2 Å². The molecule has 0 N–H and O–H groups in total. The predicted octanol–water partition coefficient (Wildman–Crippen LogP) is 4.31. The Morgan fingerprint density at radius 2 is 1.41 bits per heavy atom. The zero-order valence-corrected chi connectivity index (χ0v) is 17.2. The van der Waals surface area contributed by atoms with Crippen molar-refractivity contribution in [2.24, 2.45) is 0 Å². The van der Waals surface area contributed by atoms with Crippen LogP contribution in [0.3, 0.4) is 0 Å². The second kappa shape index (κ2) is 17.0. The van der Waals surface area contributed by atoms with Gasteiger partial charge in [0.1, 0.15) is 0 Å². The van der Waals surface area contributed by atoms with Gasteiger partial charge in [-0.2, -0.15) is 0 Å². The average molecular weight is 331 g/mol. The van der Waals surface area contributed by atoms with Crippen LogP contribution < -0.4 is 0 Å². The lowest BCUT2D eigenvalue weighted by atomic mass is 10.0. The van der Waals surface area contributed by atoms with E-state index in [0.717, 1.165) is 6.42 Å². The number of hydrogen-bond acceptors (Lipinski definition) is 3. The van der Waals surface area contributed by atoms with Crippen molar-refractivity contribution in [3.05, 3.63) is 0 Å². The Kier molecular flexibility index (Phi) is 16.7. The Bertz CT molecular complexity index is 246. The third-order valence-corrected chi connectivity index (χ3v) is 4.57. The standard InChI is InChI=1S/C18H38O3Si/c1-3-5-7-9-11-14-17(13-10-8-6-4-2)20-16-12-15-18(19)21-22/h17H,3-16H2,1-2,22H3. The minimum absolute atomic E-state index is 0.0747. The van der Waals surface area contributed by atoms with Crippen molar-refractivity contribution < 1.29 is 14.0 Å². The third kappa shape index (κ3) is 14.6. The van der Waals surface area contributed by atoms with E-state index in [1.807, 2.05) is 0 Å². The second-order valence-electron chi connectivity index (χ2n) is 6.22. The van der Waals surface area contributed by atoms with Gasteiger partial charge in [-0.25, -0.2) is 0 Å². The summed E-state index contributed by atoms with van der Waals surface area (Å²) < 4.78 is 10.8. The Labute approximate surface area is 141 Å². The first kappa shape index (κ1) is 21.6. The van der Waals surface area contributed by atoms with E-state index in [2.05, 4.69) is 13.8 Å². The quantitative estimate of drug-likeness (QED) is 0.312. The van der Waals surface area contributed by atoms with Gasteiger partial charge < -0.3 is 9.16 Å². The Morgan fingerprint density at radius 3 is 1.95 bits per heavy atom. The number of carbonyl (C=O) groups is 1. The number of rotatable bonds is 16. The number of carbonyl (C=O) groups excluding carboxylic acids is 1. The summed E-state index contributed by atoms with van der Waals surface area (Å²) in [4.78, 5) is 11.1. The molecule has 0 radical (unpaired) electrons. The molecule has 0 amide bonds. The average Bonchev–Trinajstić information content (AvgIpc) is 2.54. The van der Waals surface area contributed by atoms with Gasteiger partial charge in [-0.05, 0) is 19.3 Å². The highest BCUT2D eigenvalue weighted by atomic mass is 28.2. The molecule has 0 aliphatic rings. The monoisotopic (exact) mass is 330 g/mol. The summed E-state index contributed by atoms with van der Waals surface area (Å²) in [5.41, 5.74) is 0. The van der Waals surface area contributed by atoms with E-state index in [1.165, 1.54) is 70.6 Å². The van der Waals surface area contributed by atoms with Crippen LogP contribution in [0.5, 0.6) is 0 Å². The van der Waals surface area contributed by atoms with Gasteiger partial charge in [-0.1, -0.05) is 71.6 Å². The Hall–Kier alpha value is -0.353. The summed E-state index contributed by atoms with van der Waals surface area (Å²) >= 11 is 0. The van der Waals surface area contributed by atoms with E-state index in [1.54, 1.807) is 0 Å². The molecular weight excluding hydrogens is 292 g/mol. The van der Waals surface area contributed by atoms with E-state index in [9.17, 15) is 4.79 Å². The van der Waals surface area contributed by atoms with Crippen LogP contribution in [0.4, 0.5) is 0 Å². The maximum absolute atomic E-state index is 11.1. The highest BCUT2D eigenvalue weighted by Gasteiger charge is 2.09. The number of unbranched alkanes of at least 4 members (excludes halogenated alkanes) is 7. The molecule has 0 aromatic heterocycles. The summed E-state index contributed by atoms with van der Waals surface area (Å²) in [5.74, 6) is -0.0747. The normalized spacial score (nSPS) is 12.5. The van der Waals surface area contributed by atoms with Gasteiger partial charge >= 0.3 is 0 Å². The number of ether oxygens (including phenoxy) is 1. The molecule has 0 fully saturated rings. The van der Waals surface area contributed by atoms with Gasteiger partial charge in [0, 0.05) is 13.0 Å². The smallest absolute Gasteiger partial charge is 0.291 e. The molecule has 0 saturated carbocycles. The van der Waals surface area contributed by atoms with Gasteiger partial charge in [0.2, 0.25) is 10.5 Å². The molecule has 0 aliphatic carbocycles. The molecule has 22 heavy (non-hydrogen) atoms. The Morgan fingerprint density at radius 1 is 0.864 bits per heavy atom. The molecule has 0 saturated heterocycles. The minimum Gasteiger partial charge on any atom is -0.529 e. The summed E-state index contributed by atoms with van der Waals surface area (Å²) in [6.07, 6.45) is 15.9. The van der Waals surface area contributed by atoms with Crippen molar-refractivity contribution in [3.63, 3.8) is 0 Å². The van der Waals surface area contributed by atoms with E-state index < -0.39 is 0 Å². The Balaban J connectivity index is 3.81. The van der Waals surface area contributed by atoms with Crippen molar-refractivity contribution in [3.8, 4) is 0 Å². The van der Waals surface area contributed by atoms with Crippen LogP contribution in [0, 0.1) is 0 Å². The lowest BCUT2D eigenvalue weighted by molar-refractivity contribution is -0.134. The molecule has 0 bridgehead atoms. The highest BCUT2D eigenvalue weighted by Crippen LogP contribution is 2.16. The van der Waals surface area contributed by atoms with Crippen LogP contribution >= 0.6 is 0 Å². The van der Waals surface area contributed by atoms with Gasteiger partial charge in [-0.15, -0.1) is 0 Å². The molecule has 0 aliphatic heterocycles. The van der Waals surface area contributed by atoms with Crippen LogP contribution in [0.2, 0.25) is 0 Å². The van der Waals surface area contributed by atoms with E-state index in [-0.39, 0.29) is 5.97 Å². The summed E-state index contributed by atoms with van der Waals surface area (Å²) in [6, 6.07) is 0. The van der Waals surface area contributed by atoms with Crippen LogP contribution in [-0.2, 0) is 14.0 Å². The molecule has 0 heterocycles. The van der Waals surface area contributed by atoms with Crippen molar-refractivity contribution in [1.29, 1.82) is 0 Å². The van der Waals surface area contributed by atoms with Crippen molar-refractivity contribution in [2.75, 3.05) is 6.61 Å². The molecule has 1 unspecified atom stereocenters. The fourth-order valence-corrected chi connectivity index (χ4v) is 2.86. The highest BCUT2D eigenvalue weighted by molar-refractivity contribution is 6.05. The maximum Gasteiger partial charge on any atom is 0.291 e. The molecule has 0 aromatic rings. The van der Waals surface area contributed by atoms with Gasteiger partial charge in [0.05, 0.1) is 6.10 Å². The fraction of sp³-hybridized carbons (Fsp3) is 0.944. The number of hydrogen-bond donors (Lipinski definition) is 0.